The smallest absolute Gasteiger partial charge is 0.308 e. The molecule has 1 aliphatic heterocycles. The Balaban J connectivity index is 2.61. The highest BCUT2D eigenvalue weighted by Crippen LogP contribution is 2.39. The molecular weight excluding hydrogens is 256 g/mol. The van der Waals surface area contributed by atoms with Crippen LogP contribution in [0.1, 0.15) is 72.6 Å². The molecule has 3 unspecified atom stereocenters. The topological polar surface area (TPSA) is 44.8 Å². The second kappa shape index (κ2) is 8.63. The van der Waals surface area contributed by atoms with Gasteiger partial charge in [0.15, 0.2) is 0 Å². The molecule has 4 heteroatoms. The standard InChI is InChI=1S/C16H30O4/c1-5-9-10-16(7-3)12-13(6-2)14(19-20-16)11-15(17)18-8-4/h13-14H,5-12H2,1-4H3. The number of hydrogen-bond acceptors (Lipinski definition) is 4. The maximum absolute atomic E-state index is 11.6. The van der Waals surface area contributed by atoms with E-state index in [0.717, 1.165) is 38.5 Å². The molecule has 1 fully saturated rings. The van der Waals surface area contributed by atoms with E-state index < -0.39 is 0 Å². The summed E-state index contributed by atoms with van der Waals surface area (Å²) in [5.74, 6) is 0.169. The number of unbranched alkanes of at least 4 members (excludes halogenated alkanes) is 1. The third-order valence-corrected chi connectivity index (χ3v) is 4.34. The molecule has 0 bridgehead atoms. The van der Waals surface area contributed by atoms with Crippen LogP contribution in [-0.4, -0.2) is 24.3 Å². The normalized spacial score (nSPS) is 30.2. The molecule has 1 rings (SSSR count). The van der Waals surface area contributed by atoms with Gasteiger partial charge in [-0.2, -0.15) is 0 Å². The average Bonchev–Trinajstić information content (AvgIpc) is 2.46. The summed E-state index contributed by atoms with van der Waals surface area (Å²) in [6.07, 6.45) is 6.40. The van der Waals surface area contributed by atoms with Crippen LogP contribution in [0.25, 0.3) is 0 Å². The van der Waals surface area contributed by atoms with Gasteiger partial charge in [0, 0.05) is 0 Å². The van der Waals surface area contributed by atoms with Crippen molar-refractivity contribution in [2.45, 2.75) is 84.3 Å². The fourth-order valence-electron chi connectivity index (χ4n) is 2.90. The molecule has 0 amide bonds. The van der Waals surface area contributed by atoms with Gasteiger partial charge in [-0.05, 0) is 32.1 Å². The van der Waals surface area contributed by atoms with Crippen LogP contribution in [0.4, 0.5) is 0 Å². The molecule has 1 heterocycles. The molecule has 0 aromatic heterocycles. The van der Waals surface area contributed by atoms with E-state index in [2.05, 4.69) is 20.8 Å². The van der Waals surface area contributed by atoms with Crippen molar-refractivity contribution in [3.05, 3.63) is 0 Å². The van der Waals surface area contributed by atoms with Crippen molar-refractivity contribution in [1.29, 1.82) is 0 Å². The zero-order valence-electron chi connectivity index (χ0n) is 13.4. The van der Waals surface area contributed by atoms with Crippen molar-refractivity contribution in [3.8, 4) is 0 Å². The zero-order chi connectivity index (χ0) is 15.0. The van der Waals surface area contributed by atoms with E-state index in [1.807, 2.05) is 6.92 Å². The maximum Gasteiger partial charge on any atom is 0.308 e. The minimum Gasteiger partial charge on any atom is -0.466 e. The van der Waals surface area contributed by atoms with Crippen LogP contribution in [0.3, 0.4) is 0 Å². The van der Waals surface area contributed by atoms with Gasteiger partial charge in [0.2, 0.25) is 0 Å². The fourth-order valence-corrected chi connectivity index (χ4v) is 2.90. The summed E-state index contributed by atoms with van der Waals surface area (Å²) in [7, 11) is 0. The van der Waals surface area contributed by atoms with Gasteiger partial charge >= 0.3 is 5.97 Å². The average molecular weight is 286 g/mol. The van der Waals surface area contributed by atoms with Gasteiger partial charge in [0.05, 0.1) is 13.0 Å². The fraction of sp³-hybridized carbons (Fsp3) is 0.938. The highest BCUT2D eigenvalue weighted by Gasteiger charge is 2.42. The van der Waals surface area contributed by atoms with Crippen LogP contribution < -0.4 is 0 Å². The summed E-state index contributed by atoms with van der Waals surface area (Å²) >= 11 is 0. The van der Waals surface area contributed by atoms with E-state index in [0.29, 0.717) is 18.9 Å². The monoisotopic (exact) mass is 286 g/mol. The highest BCUT2D eigenvalue weighted by atomic mass is 17.2. The first kappa shape index (κ1) is 17.4. The minimum absolute atomic E-state index is 0.165. The number of ether oxygens (including phenoxy) is 1. The van der Waals surface area contributed by atoms with Crippen LogP contribution in [0, 0.1) is 5.92 Å². The Hall–Kier alpha value is -0.610. The number of rotatable bonds is 8. The van der Waals surface area contributed by atoms with E-state index in [-0.39, 0.29) is 17.7 Å². The Morgan fingerprint density at radius 1 is 1.30 bits per heavy atom. The van der Waals surface area contributed by atoms with Crippen molar-refractivity contribution in [2.75, 3.05) is 6.61 Å². The van der Waals surface area contributed by atoms with Crippen LogP contribution in [0.2, 0.25) is 0 Å². The Morgan fingerprint density at radius 2 is 2.05 bits per heavy atom. The van der Waals surface area contributed by atoms with Gasteiger partial charge < -0.3 is 4.74 Å². The van der Waals surface area contributed by atoms with Crippen molar-refractivity contribution in [2.24, 2.45) is 5.92 Å². The van der Waals surface area contributed by atoms with Gasteiger partial charge in [-0.15, -0.1) is 0 Å². The van der Waals surface area contributed by atoms with Crippen molar-refractivity contribution >= 4 is 5.97 Å². The third-order valence-electron chi connectivity index (χ3n) is 4.34. The van der Waals surface area contributed by atoms with Crippen molar-refractivity contribution in [1.82, 2.24) is 0 Å². The number of carbonyl (C=O) groups is 1. The molecule has 3 atom stereocenters. The first-order valence-corrected chi connectivity index (χ1v) is 8.10. The molecule has 1 aliphatic rings. The minimum atomic E-state index is -0.197. The predicted octanol–water partition coefficient (Wildman–Crippen LogP) is 4.03. The molecule has 4 nitrogen and oxygen atoms in total. The largest absolute Gasteiger partial charge is 0.466 e. The van der Waals surface area contributed by atoms with Crippen LogP contribution in [0.15, 0.2) is 0 Å². The molecule has 0 aliphatic carbocycles. The van der Waals surface area contributed by atoms with E-state index >= 15 is 0 Å². The highest BCUT2D eigenvalue weighted by molar-refractivity contribution is 5.70. The molecule has 0 radical (unpaired) electrons. The zero-order valence-corrected chi connectivity index (χ0v) is 13.4. The van der Waals surface area contributed by atoms with Crippen molar-refractivity contribution in [3.63, 3.8) is 0 Å². The van der Waals surface area contributed by atoms with E-state index in [1.54, 1.807) is 0 Å². The van der Waals surface area contributed by atoms with Gasteiger partial charge in [-0.3, -0.25) is 4.79 Å². The molecule has 0 aromatic rings. The summed E-state index contributed by atoms with van der Waals surface area (Å²) in [5.41, 5.74) is -0.165. The lowest BCUT2D eigenvalue weighted by Crippen LogP contribution is -2.45. The quantitative estimate of drug-likeness (QED) is 0.499. The third kappa shape index (κ3) is 4.74. The molecule has 0 N–H and O–H groups in total. The van der Waals surface area contributed by atoms with Gasteiger partial charge in [0.1, 0.15) is 11.7 Å². The Morgan fingerprint density at radius 3 is 2.60 bits per heavy atom. The lowest BCUT2D eigenvalue weighted by atomic mass is 9.79. The van der Waals surface area contributed by atoms with Gasteiger partial charge in [-0.25, -0.2) is 9.78 Å². The van der Waals surface area contributed by atoms with Crippen LogP contribution in [-0.2, 0) is 19.3 Å². The molecule has 118 valence electrons. The number of carbonyl (C=O) groups excluding carboxylic acids is 1. The van der Waals surface area contributed by atoms with Crippen LogP contribution >= 0.6 is 0 Å². The van der Waals surface area contributed by atoms with Crippen molar-refractivity contribution < 1.29 is 19.3 Å². The second-order valence-corrected chi connectivity index (χ2v) is 5.74. The summed E-state index contributed by atoms with van der Waals surface area (Å²) in [4.78, 5) is 23.0. The SMILES string of the molecule is CCCCC1(CC)CC(CC)C(CC(=O)OCC)OO1. The number of hydrogen-bond donors (Lipinski definition) is 0. The first-order chi connectivity index (χ1) is 9.60. The van der Waals surface area contributed by atoms with E-state index in [4.69, 9.17) is 14.5 Å². The number of esters is 1. The maximum atomic E-state index is 11.6. The molecule has 0 spiro atoms. The molecule has 1 saturated heterocycles. The Kier molecular flexibility index (Phi) is 7.52. The summed E-state index contributed by atoms with van der Waals surface area (Å²) in [6, 6.07) is 0. The Bertz CT molecular complexity index is 292. The molecular formula is C16H30O4. The molecule has 0 saturated carbocycles. The first-order valence-electron chi connectivity index (χ1n) is 8.10. The Labute approximate surface area is 123 Å². The second-order valence-electron chi connectivity index (χ2n) is 5.74. The molecule has 20 heavy (non-hydrogen) atoms. The summed E-state index contributed by atoms with van der Waals surface area (Å²) in [5, 5.41) is 0. The summed E-state index contributed by atoms with van der Waals surface area (Å²) in [6.45, 7) is 8.72. The van der Waals surface area contributed by atoms with E-state index in [9.17, 15) is 4.79 Å². The van der Waals surface area contributed by atoms with E-state index in [1.165, 1.54) is 0 Å². The lowest BCUT2D eigenvalue weighted by Gasteiger charge is -2.42. The summed E-state index contributed by atoms with van der Waals surface area (Å²) < 4.78 is 5.01. The van der Waals surface area contributed by atoms with Gasteiger partial charge in [-0.1, -0.05) is 40.0 Å². The van der Waals surface area contributed by atoms with Crippen LogP contribution in [0.5, 0.6) is 0 Å². The lowest BCUT2D eigenvalue weighted by molar-refractivity contribution is -0.423. The van der Waals surface area contributed by atoms with Gasteiger partial charge in [0.25, 0.3) is 0 Å². The molecule has 0 aromatic carbocycles. The predicted molar refractivity (Wildman–Crippen MR) is 78.2 cm³/mol.